The summed E-state index contributed by atoms with van der Waals surface area (Å²) in [5, 5.41) is 0. The molecule has 0 aliphatic rings. The molecule has 0 amide bonds. The molecule has 0 saturated carbocycles. The van der Waals surface area contributed by atoms with Gasteiger partial charge in [0, 0.05) is 6.61 Å². The number of hydrazine groups is 1. The average Bonchev–Trinajstić information content (AvgIpc) is 2.39. The summed E-state index contributed by atoms with van der Waals surface area (Å²) in [7, 11) is 0. The number of rotatable bonds is 6. The second-order valence-corrected chi connectivity index (χ2v) is 4.82. The van der Waals surface area contributed by atoms with Gasteiger partial charge in [0.15, 0.2) is 0 Å². The van der Waals surface area contributed by atoms with E-state index in [0.717, 1.165) is 12.1 Å². The van der Waals surface area contributed by atoms with Crippen molar-refractivity contribution in [2.45, 2.75) is 45.0 Å². The Morgan fingerprint density at radius 1 is 1.30 bits per heavy atom. The first-order chi connectivity index (χ1) is 9.28. The maximum Gasteiger partial charge on any atom is 0.416 e. The minimum absolute atomic E-state index is 0.458. The zero-order valence-corrected chi connectivity index (χ0v) is 11.9. The largest absolute Gasteiger partial charge is 0.416 e. The van der Waals surface area contributed by atoms with E-state index in [4.69, 9.17) is 10.6 Å². The maximum absolute atomic E-state index is 12.8. The second kappa shape index (κ2) is 6.56. The maximum atomic E-state index is 12.8. The van der Waals surface area contributed by atoms with Gasteiger partial charge >= 0.3 is 6.18 Å². The standard InChI is InChI=1S/C14H21F3N2O/c1-4-13(3,20-5-2)12(19-18)10-7-6-8-11(9-10)14(15,16)17/h6-9,12,19H,4-5,18H2,1-3H3. The van der Waals surface area contributed by atoms with Crippen LogP contribution in [0, 0.1) is 0 Å². The molecule has 114 valence electrons. The Morgan fingerprint density at radius 2 is 1.95 bits per heavy atom. The number of benzene rings is 1. The van der Waals surface area contributed by atoms with Crippen LogP contribution in [-0.4, -0.2) is 12.2 Å². The zero-order valence-electron chi connectivity index (χ0n) is 11.9. The number of halogens is 3. The van der Waals surface area contributed by atoms with Crippen LogP contribution in [-0.2, 0) is 10.9 Å². The molecule has 3 nitrogen and oxygen atoms in total. The predicted molar refractivity (Wildman–Crippen MR) is 71.8 cm³/mol. The van der Waals surface area contributed by atoms with Gasteiger partial charge in [-0.2, -0.15) is 13.2 Å². The summed E-state index contributed by atoms with van der Waals surface area (Å²) < 4.78 is 44.0. The third-order valence-electron chi connectivity index (χ3n) is 3.50. The van der Waals surface area contributed by atoms with Gasteiger partial charge in [-0.05, 0) is 38.0 Å². The number of ether oxygens (including phenoxy) is 1. The molecule has 2 atom stereocenters. The Bertz CT molecular complexity index is 437. The van der Waals surface area contributed by atoms with Crippen LogP contribution < -0.4 is 11.3 Å². The van der Waals surface area contributed by atoms with E-state index in [0.29, 0.717) is 18.6 Å². The van der Waals surface area contributed by atoms with Gasteiger partial charge in [-0.3, -0.25) is 11.3 Å². The third kappa shape index (κ3) is 3.71. The summed E-state index contributed by atoms with van der Waals surface area (Å²) in [4.78, 5) is 0. The fraction of sp³-hybridized carbons (Fsp3) is 0.571. The van der Waals surface area contributed by atoms with Crippen LogP contribution in [0.5, 0.6) is 0 Å². The summed E-state index contributed by atoms with van der Waals surface area (Å²) in [5.74, 6) is 5.54. The van der Waals surface area contributed by atoms with E-state index in [-0.39, 0.29) is 0 Å². The van der Waals surface area contributed by atoms with Crippen LogP contribution >= 0.6 is 0 Å². The summed E-state index contributed by atoms with van der Waals surface area (Å²) in [6, 6.07) is 4.63. The van der Waals surface area contributed by atoms with E-state index in [1.165, 1.54) is 6.07 Å². The first-order valence-electron chi connectivity index (χ1n) is 6.55. The summed E-state index contributed by atoms with van der Waals surface area (Å²) in [6.07, 6.45) is -3.75. The summed E-state index contributed by atoms with van der Waals surface area (Å²) >= 11 is 0. The lowest BCUT2D eigenvalue weighted by molar-refractivity contribution is -0.137. The zero-order chi connectivity index (χ0) is 15.4. The fourth-order valence-corrected chi connectivity index (χ4v) is 2.24. The third-order valence-corrected chi connectivity index (χ3v) is 3.50. The van der Waals surface area contributed by atoms with Crippen LogP contribution in [0.1, 0.15) is 44.4 Å². The molecule has 6 heteroatoms. The van der Waals surface area contributed by atoms with Gasteiger partial charge < -0.3 is 4.74 Å². The molecule has 0 aliphatic heterocycles. The van der Waals surface area contributed by atoms with Crippen molar-refractivity contribution in [1.82, 2.24) is 5.43 Å². The normalized spacial score (nSPS) is 16.8. The first-order valence-corrected chi connectivity index (χ1v) is 6.55. The fourth-order valence-electron chi connectivity index (χ4n) is 2.24. The molecule has 0 aliphatic carbocycles. The van der Waals surface area contributed by atoms with Crippen LogP contribution in [0.2, 0.25) is 0 Å². The average molecular weight is 290 g/mol. The van der Waals surface area contributed by atoms with Crippen LogP contribution in [0.3, 0.4) is 0 Å². The highest BCUT2D eigenvalue weighted by Gasteiger charge is 2.36. The molecule has 1 rings (SSSR count). The number of alkyl halides is 3. The number of hydrogen-bond donors (Lipinski definition) is 2. The van der Waals surface area contributed by atoms with Crippen molar-refractivity contribution in [1.29, 1.82) is 0 Å². The van der Waals surface area contributed by atoms with Gasteiger partial charge in [-0.25, -0.2) is 0 Å². The van der Waals surface area contributed by atoms with Crippen molar-refractivity contribution in [3.8, 4) is 0 Å². The van der Waals surface area contributed by atoms with Crippen molar-refractivity contribution in [2.75, 3.05) is 6.61 Å². The Hall–Kier alpha value is -1.11. The molecule has 1 aromatic carbocycles. The first kappa shape index (κ1) is 16.9. The molecule has 0 radical (unpaired) electrons. The minimum Gasteiger partial charge on any atom is -0.374 e. The molecule has 2 unspecified atom stereocenters. The van der Waals surface area contributed by atoms with Gasteiger partial charge in [0.25, 0.3) is 0 Å². The molecular formula is C14H21F3N2O. The van der Waals surface area contributed by atoms with Crippen molar-refractivity contribution < 1.29 is 17.9 Å². The van der Waals surface area contributed by atoms with Crippen molar-refractivity contribution in [3.05, 3.63) is 35.4 Å². The van der Waals surface area contributed by atoms with E-state index < -0.39 is 23.4 Å². The quantitative estimate of drug-likeness (QED) is 0.623. The van der Waals surface area contributed by atoms with E-state index >= 15 is 0 Å². The van der Waals surface area contributed by atoms with Crippen molar-refractivity contribution in [2.24, 2.45) is 5.84 Å². The molecule has 0 bridgehead atoms. The molecule has 3 N–H and O–H groups in total. The topological polar surface area (TPSA) is 47.3 Å². The van der Waals surface area contributed by atoms with Gasteiger partial charge in [-0.15, -0.1) is 0 Å². The Morgan fingerprint density at radius 3 is 2.40 bits per heavy atom. The highest BCUT2D eigenvalue weighted by molar-refractivity contribution is 5.29. The Kier molecular flexibility index (Phi) is 5.56. The summed E-state index contributed by atoms with van der Waals surface area (Å²) in [5.41, 5.74) is 1.68. The smallest absolute Gasteiger partial charge is 0.374 e. The van der Waals surface area contributed by atoms with Crippen LogP contribution in [0.4, 0.5) is 13.2 Å². The number of nitrogens with one attached hydrogen (secondary N) is 1. The van der Waals surface area contributed by atoms with Gasteiger partial charge in [0.1, 0.15) is 0 Å². The highest BCUT2D eigenvalue weighted by atomic mass is 19.4. The minimum atomic E-state index is -4.37. The van der Waals surface area contributed by atoms with E-state index in [2.05, 4.69) is 5.43 Å². The lowest BCUT2D eigenvalue weighted by Gasteiger charge is -2.36. The highest BCUT2D eigenvalue weighted by Crippen LogP contribution is 2.35. The SMILES string of the molecule is CCOC(C)(CC)C(NN)c1cccc(C(F)(F)F)c1. The van der Waals surface area contributed by atoms with Crippen molar-refractivity contribution in [3.63, 3.8) is 0 Å². The molecule has 0 saturated heterocycles. The molecular weight excluding hydrogens is 269 g/mol. The van der Waals surface area contributed by atoms with E-state index in [9.17, 15) is 13.2 Å². The molecule has 0 aromatic heterocycles. The van der Waals surface area contributed by atoms with Crippen LogP contribution in [0.25, 0.3) is 0 Å². The van der Waals surface area contributed by atoms with Gasteiger partial charge in [-0.1, -0.05) is 19.1 Å². The van der Waals surface area contributed by atoms with Crippen LogP contribution in [0.15, 0.2) is 24.3 Å². The lowest BCUT2D eigenvalue weighted by atomic mass is 9.87. The van der Waals surface area contributed by atoms with E-state index in [1.807, 2.05) is 20.8 Å². The Balaban J connectivity index is 3.18. The number of hydrogen-bond acceptors (Lipinski definition) is 3. The van der Waals surface area contributed by atoms with Crippen molar-refractivity contribution >= 4 is 0 Å². The summed E-state index contributed by atoms with van der Waals surface area (Å²) in [6.45, 7) is 6.05. The molecule has 0 heterocycles. The molecule has 0 spiro atoms. The Labute approximate surface area is 117 Å². The molecule has 0 fully saturated rings. The lowest BCUT2D eigenvalue weighted by Crippen LogP contribution is -2.46. The van der Waals surface area contributed by atoms with Gasteiger partial charge in [0.2, 0.25) is 0 Å². The molecule has 1 aromatic rings. The van der Waals surface area contributed by atoms with E-state index in [1.54, 1.807) is 6.07 Å². The number of nitrogens with two attached hydrogens (primary N) is 1. The second-order valence-electron chi connectivity index (χ2n) is 4.82. The monoisotopic (exact) mass is 290 g/mol. The van der Waals surface area contributed by atoms with Gasteiger partial charge in [0.05, 0.1) is 17.2 Å². The predicted octanol–water partition coefficient (Wildman–Crippen LogP) is 3.42. The molecule has 20 heavy (non-hydrogen) atoms.